The van der Waals surface area contributed by atoms with Gasteiger partial charge in [0.25, 0.3) is 0 Å². The van der Waals surface area contributed by atoms with E-state index in [-0.39, 0.29) is 0 Å². The quantitative estimate of drug-likeness (QED) is 0.599. The first kappa shape index (κ1) is 12.6. The fourth-order valence-corrected chi connectivity index (χ4v) is 8.82. The minimum Gasteiger partial charge on any atom is -0.0847 e. The van der Waals surface area contributed by atoms with Gasteiger partial charge < -0.3 is 0 Å². The van der Waals surface area contributed by atoms with Gasteiger partial charge in [-0.2, -0.15) is 0 Å². The molecule has 6 rings (SSSR count). The highest BCUT2D eigenvalue weighted by Crippen LogP contribution is 3.04. The number of allylic oxidation sites excluding steroid dienone is 6. The minimum absolute atomic E-state index is 0.559. The van der Waals surface area contributed by atoms with Gasteiger partial charge >= 0.3 is 0 Å². The van der Waals surface area contributed by atoms with E-state index in [9.17, 15) is 0 Å². The molecule has 0 heterocycles. The third kappa shape index (κ3) is 0.900. The molecule has 0 aromatic carbocycles. The topological polar surface area (TPSA) is 0 Å². The van der Waals surface area contributed by atoms with Crippen molar-refractivity contribution >= 4 is 0 Å². The number of hydrogen-bond acceptors (Lipinski definition) is 0. The van der Waals surface area contributed by atoms with Crippen LogP contribution in [0.5, 0.6) is 0 Å². The molecule has 0 heteroatoms. The Balaban J connectivity index is 1.28. The van der Waals surface area contributed by atoms with Crippen LogP contribution in [0, 0.1) is 51.8 Å². The molecule has 6 aliphatic rings. The van der Waals surface area contributed by atoms with Crippen molar-refractivity contribution in [3.05, 3.63) is 35.5 Å². The molecule has 0 spiro atoms. The molecule has 0 saturated heterocycles. The molecular formula is C22H28. The average Bonchev–Trinajstić information content (AvgIpc) is 3.16. The summed E-state index contributed by atoms with van der Waals surface area (Å²) >= 11 is 0. The van der Waals surface area contributed by atoms with Crippen LogP contribution in [0.25, 0.3) is 0 Å². The summed E-state index contributed by atoms with van der Waals surface area (Å²) in [5, 5.41) is 0. The maximum absolute atomic E-state index is 2.66. The Morgan fingerprint density at radius 1 is 1.05 bits per heavy atom. The van der Waals surface area contributed by atoms with Gasteiger partial charge in [0.05, 0.1) is 0 Å². The van der Waals surface area contributed by atoms with E-state index in [4.69, 9.17) is 0 Å². The van der Waals surface area contributed by atoms with Gasteiger partial charge in [0.2, 0.25) is 0 Å². The summed E-state index contributed by atoms with van der Waals surface area (Å²) in [5.41, 5.74) is 5.41. The van der Waals surface area contributed by atoms with Crippen molar-refractivity contribution in [2.45, 2.75) is 47.0 Å². The predicted octanol–water partition coefficient (Wildman–Crippen LogP) is 5.38. The van der Waals surface area contributed by atoms with Crippen molar-refractivity contribution < 1.29 is 0 Å². The smallest absolute Gasteiger partial charge is 0.00511 e. The first-order valence-electron chi connectivity index (χ1n) is 9.59. The Morgan fingerprint density at radius 3 is 2.27 bits per heavy atom. The number of hydrogen-bond donors (Lipinski definition) is 0. The first-order valence-corrected chi connectivity index (χ1v) is 9.59. The molecule has 0 aliphatic heterocycles. The lowest BCUT2D eigenvalue weighted by atomic mass is 9.44. The van der Waals surface area contributed by atoms with Crippen molar-refractivity contribution in [3.63, 3.8) is 0 Å². The maximum Gasteiger partial charge on any atom is 0.00511 e. The molecule has 22 heavy (non-hydrogen) atoms. The Bertz CT molecular complexity index is 651. The Morgan fingerprint density at radius 2 is 1.77 bits per heavy atom. The van der Waals surface area contributed by atoms with Gasteiger partial charge in [-0.25, -0.2) is 0 Å². The van der Waals surface area contributed by atoms with Crippen molar-refractivity contribution in [1.29, 1.82) is 0 Å². The van der Waals surface area contributed by atoms with E-state index in [1.165, 1.54) is 19.3 Å². The summed E-state index contributed by atoms with van der Waals surface area (Å²) in [7, 11) is 0. The van der Waals surface area contributed by atoms with Gasteiger partial charge in [-0.05, 0) is 71.2 Å². The Labute approximate surface area is 134 Å². The van der Waals surface area contributed by atoms with Crippen LogP contribution in [-0.2, 0) is 0 Å². The minimum atomic E-state index is 0.559. The van der Waals surface area contributed by atoms with E-state index in [0.717, 1.165) is 35.5 Å². The van der Waals surface area contributed by atoms with E-state index >= 15 is 0 Å². The van der Waals surface area contributed by atoms with Crippen molar-refractivity contribution in [2.24, 2.45) is 51.8 Å². The average molecular weight is 292 g/mol. The second-order valence-electron chi connectivity index (χ2n) is 9.71. The first-order chi connectivity index (χ1) is 10.5. The Hall–Kier alpha value is -0.780. The lowest BCUT2D eigenvalue weighted by molar-refractivity contribution is -0.0653. The van der Waals surface area contributed by atoms with Crippen LogP contribution < -0.4 is 0 Å². The van der Waals surface area contributed by atoms with Crippen LogP contribution in [0.4, 0.5) is 0 Å². The van der Waals surface area contributed by atoms with Gasteiger partial charge in [-0.15, -0.1) is 0 Å². The van der Waals surface area contributed by atoms with Crippen molar-refractivity contribution in [2.75, 3.05) is 0 Å². The van der Waals surface area contributed by atoms with Gasteiger partial charge in [0, 0.05) is 5.41 Å². The molecule has 6 aliphatic carbocycles. The molecule has 0 N–H and O–H groups in total. The second kappa shape index (κ2) is 3.21. The Kier molecular flexibility index (Phi) is 1.84. The van der Waals surface area contributed by atoms with Crippen LogP contribution in [-0.4, -0.2) is 0 Å². The fraction of sp³-hybridized carbons (Fsp3) is 0.727. The van der Waals surface area contributed by atoms with Crippen LogP contribution in [0.3, 0.4) is 0 Å². The third-order valence-corrected chi connectivity index (χ3v) is 10.1. The normalized spacial score (nSPS) is 65.6. The van der Waals surface area contributed by atoms with E-state index in [0.29, 0.717) is 16.2 Å². The molecule has 0 amide bonds. The molecule has 116 valence electrons. The van der Waals surface area contributed by atoms with Gasteiger partial charge in [0.15, 0.2) is 0 Å². The molecule has 0 aromatic rings. The monoisotopic (exact) mass is 292 g/mol. The predicted molar refractivity (Wildman–Crippen MR) is 90.1 cm³/mol. The zero-order valence-corrected chi connectivity index (χ0v) is 14.4. The summed E-state index contributed by atoms with van der Waals surface area (Å²) in [5.74, 6) is 5.49. The summed E-state index contributed by atoms with van der Waals surface area (Å²) in [6.45, 7) is 10.2. The largest absolute Gasteiger partial charge is 0.0847 e. The molecule has 7 atom stereocenters. The zero-order valence-electron chi connectivity index (χ0n) is 14.4. The van der Waals surface area contributed by atoms with Crippen molar-refractivity contribution in [3.8, 4) is 0 Å². The van der Waals surface area contributed by atoms with E-state index < -0.39 is 0 Å². The molecular weight excluding hydrogens is 264 g/mol. The maximum atomic E-state index is 2.66. The lowest BCUT2D eigenvalue weighted by Gasteiger charge is -2.59. The van der Waals surface area contributed by atoms with E-state index in [2.05, 4.69) is 52.0 Å². The highest BCUT2D eigenvalue weighted by atomic mass is 15.0. The standard InChI is InChI=1S/C22H28/c1-12-20(3)19-21(20,4)13(2)22(12,19)15-10-8-14(9-11-15)18-16-6-5-7-17(16)18/h6,8,10-14,17-19H,5,7,9H2,1-4H3. The molecule has 0 nitrogen and oxygen atoms in total. The third-order valence-electron chi connectivity index (χ3n) is 10.1. The molecule has 0 aromatic heterocycles. The summed E-state index contributed by atoms with van der Waals surface area (Å²) < 4.78 is 0. The summed E-state index contributed by atoms with van der Waals surface area (Å²) in [4.78, 5) is 0. The second-order valence-corrected chi connectivity index (χ2v) is 9.71. The zero-order chi connectivity index (χ0) is 15.1. The van der Waals surface area contributed by atoms with Gasteiger partial charge in [-0.3, -0.25) is 0 Å². The SMILES string of the molecule is CC1C2(C3=CCC(C4C5=CCCC54)C=C3)C(C)C3(C)C2C13C. The van der Waals surface area contributed by atoms with E-state index in [1.54, 1.807) is 11.1 Å². The van der Waals surface area contributed by atoms with Crippen molar-refractivity contribution in [1.82, 2.24) is 0 Å². The number of fused-ring (bicyclic) bond motifs is 2. The number of rotatable bonds is 2. The van der Waals surface area contributed by atoms with Crippen LogP contribution in [0.15, 0.2) is 35.5 Å². The molecule has 4 fully saturated rings. The lowest BCUT2D eigenvalue weighted by Crippen LogP contribution is -2.55. The highest BCUT2D eigenvalue weighted by Gasteiger charge is 3.00. The summed E-state index contributed by atoms with van der Waals surface area (Å²) in [6.07, 6.45) is 14.5. The highest BCUT2D eigenvalue weighted by molar-refractivity contribution is 5.56. The van der Waals surface area contributed by atoms with Crippen LogP contribution in [0.1, 0.15) is 47.0 Å². The molecule has 0 radical (unpaired) electrons. The summed E-state index contributed by atoms with van der Waals surface area (Å²) in [6, 6.07) is 0. The van der Waals surface area contributed by atoms with Gasteiger partial charge in [0.1, 0.15) is 0 Å². The fourth-order valence-electron chi connectivity index (χ4n) is 8.82. The molecule has 0 bridgehead atoms. The van der Waals surface area contributed by atoms with Crippen LogP contribution in [0.2, 0.25) is 0 Å². The van der Waals surface area contributed by atoms with E-state index in [1.807, 2.05) is 0 Å². The molecule has 7 unspecified atom stereocenters. The van der Waals surface area contributed by atoms with Crippen LogP contribution >= 0.6 is 0 Å². The van der Waals surface area contributed by atoms with Gasteiger partial charge in [-0.1, -0.05) is 57.6 Å². The molecule has 4 saturated carbocycles.